The first-order chi connectivity index (χ1) is 11.7. The molecule has 0 radical (unpaired) electrons. The fourth-order valence-corrected chi connectivity index (χ4v) is 2.97. The summed E-state index contributed by atoms with van der Waals surface area (Å²) in [7, 11) is 0. The summed E-state index contributed by atoms with van der Waals surface area (Å²) in [6.45, 7) is 6.36. The maximum atomic E-state index is 12.3. The zero-order chi connectivity index (χ0) is 16.8. The maximum absolute atomic E-state index is 12.3. The Morgan fingerprint density at radius 1 is 1.12 bits per heavy atom. The minimum Gasteiger partial charge on any atom is -0.353 e. The molecule has 2 heterocycles. The molecule has 1 aromatic heterocycles. The maximum Gasteiger partial charge on any atom is 0.236 e. The van der Waals surface area contributed by atoms with Crippen LogP contribution in [-0.2, 0) is 11.3 Å². The van der Waals surface area contributed by atoms with Crippen LogP contribution in [-0.4, -0.2) is 48.5 Å². The SMILES string of the molecule is Cc1cccc(CNCC(=O)N2CCN(c3ccccn3)CC2)c1. The summed E-state index contributed by atoms with van der Waals surface area (Å²) in [5.41, 5.74) is 2.45. The van der Waals surface area contributed by atoms with Gasteiger partial charge in [0, 0.05) is 38.9 Å². The number of hydrogen-bond acceptors (Lipinski definition) is 4. The second-order valence-electron chi connectivity index (χ2n) is 6.15. The van der Waals surface area contributed by atoms with Crippen molar-refractivity contribution in [2.45, 2.75) is 13.5 Å². The van der Waals surface area contributed by atoms with Crippen LogP contribution < -0.4 is 10.2 Å². The Labute approximate surface area is 143 Å². The molecule has 1 aliphatic rings. The first-order valence-corrected chi connectivity index (χ1v) is 8.42. The monoisotopic (exact) mass is 324 g/mol. The highest BCUT2D eigenvalue weighted by atomic mass is 16.2. The molecule has 126 valence electrons. The molecule has 0 spiro atoms. The van der Waals surface area contributed by atoms with Crippen molar-refractivity contribution in [2.24, 2.45) is 0 Å². The van der Waals surface area contributed by atoms with Crippen molar-refractivity contribution in [2.75, 3.05) is 37.6 Å². The number of aryl methyl sites for hydroxylation is 1. The Morgan fingerprint density at radius 2 is 1.96 bits per heavy atom. The van der Waals surface area contributed by atoms with Gasteiger partial charge < -0.3 is 15.1 Å². The number of nitrogens with one attached hydrogen (secondary N) is 1. The van der Waals surface area contributed by atoms with E-state index in [-0.39, 0.29) is 5.91 Å². The molecule has 24 heavy (non-hydrogen) atoms. The highest BCUT2D eigenvalue weighted by Crippen LogP contribution is 2.12. The third-order valence-corrected chi connectivity index (χ3v) is 4.29. The molecule has 1 aromatic carbocycles. The Bertz CT molecular complexity index is 666. The zero-order valence-electron chi connectivity index (χ0n) is 14.1. The van der Waals surface area contributed by atoms with Crippen LogP contribution in [0.4, 0.5) is 5.82 Å². The molecule has 1 N–H and O–H groups in total. The average Bonchev–Trinajstić information content (AvgIpc) is 2.63. The summed E-state index contributed by atoms with van der Waals surface area (Å²) >= 11 is 0. The number of carbonyl (C=O) groups excluding carboxylic acids is 1. The molecule has 0 aliphatic carbocycles. The van der Waals surface area contributed by atoms with Gasteiger partial charge in [0.2, 0.25) is 5.91 Å². The van der Waals surface area contributed by atoms with E-state index in [2.05, 4.69) is 40.3 Å². The quantitative estimate of drug-likeness (QED) is 0.911. The average molecular weight is 324 g/mol. The van der Waals surface area contributed by atoms with E-state index in [0.717, 1.165) is 38.5 Å². The third kappa shape index (κ3) is 4.32. The predicted octanol–water partition coefficient (Wildman–Crippen LogP) is 1.83. The van der Waals surface area contributed by atoms with Crippen LogP contribution >= 0.6 is 0 Å². The van der Waals surface area contributed by atoms with Crippen molar-refractivity contribution < 1.29 is 4.79 Å². The molecule has 1 aliphatic heterocycles. The summed E-state index contributed by atoms with van der Waals surface area (Å²) in [5, 5.41) is 3.25. The number of rotatable bonds is 5. The molecule has 0 saturated carbocycles. The molecule has 2 aromatic rings. The summed E-state index contributed by atoms with van der Waals surface area (Å²) in [6.07, 6.45) is 1.81. The third-order valence-electron chi connectivity index (χ3n) is 4.29. The molecule has 5 heteroatoms. The topological polar surface area (TPSA) is 48.5 Å². The van der Waals surface area contributed by atoms with Crippen LogP contribution in [0.15, 0.2) is 48.7 Å². The number of pyridine rings is 1. The van der Waals surface area contributed by atoms with Crippen LogP contribution in [0, 0.1) is 6.92 Å². The van der Waals surface area contributed by atoms with Crippen LogP contribution in [0.1, 0.15) is 11.1 Å². The highest BCUT2D eigenvalue weighted by Gasteiger charge is 2.21. The first-order valence-electron chi connectivity index (χ1n) is 8.42. The van der Waals surface area contributed by atoms with Gasteiger partial charge in [0.05, 0.1) is 6.54 Å². The largest absolute Gasteiger partial charge is 0.353 e. The van der Waals surface area contributed by atoms with Crippen molar-refractivity contribution in [3.05, 3.63) is 59.8 Å². The standard InChI is InChI=1S/C19H24N4O/c1-16-5-4-6-17(13-16)14-20-15-19(24)23-11-9-22(10-12-23)18-7-2-3-8-21-18/h2-8,13,20H,9-12,14-15H2,1H3. The van der Waals surface area contributed by atoms with Crippen LogP contribution in [0.5, 0.6) is 0 Å². The number of nitrogens with zero attached hydrogens (tertiary/aromatic N) is 3. The molecule has 3 rings (SSSR count). The molecule has 0 atom stereocenters. The number of piperazine rings is 1. The number of anilines is 1. The molecule has 5 nitrogen and oxygen atoms in total. The van der Waals surface area contributed by atoms with Crippen molar-refractivity contribution in [3.63, 3.8) is 0 Å². The number of hydrogen-bond donors (Lipinski definition) is 1. The molecule has 1 saturated heterocycles. The number of benzene rings is 1. The smallest absolute Gasteiger partial charge is 0.236 e. The summed E-state index contributed by atoms with van der Waals surface area (Å²) in [6, 6.07) is 14.3. The predicted molar refractivity (Wildman–Crippen MR) is 95.9 cm³/mol. The van der Waals surface area contributed by atoms with Gasteiger partial charge in [-0.25, -0.2) is 4.98 Å². The van der Waals surface area contributed by atoms with E-state index < -0.39 is 0 Å². The lowest BCUT2D eigenvalue weighted by Crippen LogP contribution is -2.51. The molecule has 0 bridgehead atoms. The van der Waals surface area contributed by atoms with Gasteiger partial charge >= 0.3 is 0 Å². The second kappa shape index (κ2) is 7.93. The van der Waals surface area contributed by atoms with Gasteiger partial charge in [0.15, 0.2) is 0 Å². The number of carbonyl (C=O) groups is 1. The van der Waals surface area contributed by atoms with Crippen molar-refractivity contribution >= 4 is 11.7 Å². The Morgan fingerprint density at radius 3 is 2.67 bits per heavy atom. The minimum atomic E-state index is 0.170. The highest BCUT2D eigenvalue weighted by molar-refractivity contribution is 5.78. The van der Waals surface area contributed by atoms with Gasteiger partial charge in [-0.2, -0.15) is 0 Å². The van der Waals surface area contributed by atoms with E-state index in [1.807, 2.05) is 35.4 Å². The van der Waals surface area contributed by atoms with E-state index in [9.17, 15) is 4.79 Å². The molecular weight excluding hydrogens is 300 g/mol. The molecule has 1 fully saturated rings. The van der Waals surface area contributed by atoms with Gasteiger partial charge in [-0.1, -0.05) is 35.9 Å². The van der Waals surface area contributed by atoms with E-state index in [1.54, 1.807) is 0 Å². The Kier molecular flexibility index (Phi) is 5.43. The van der Waals surface area contributed by atoms with Gasteiger partial charge in [0.1, 0.15) is 5.82 Å². The summed E-state index contributed by atoms with van der Waals surface area (Å²) < 4.78 is 0. The van der Waals surface area contributed by atoms with Crippen molar-refractivity contribution in [1.29, 1.82) is 0 Å². The Balaban J connectivity index is 1.42. The minimum absolute atomic E-state index is 0.170. The van der Waals surface area contributed by atoms with Crippen LogP contribution in [0.3, 0.4) is 0 Å². The number of aromatic nitrogens is 1. The van der Waals surface area contributed by atoms with E-state index in [0.29, 0.717) is 6.54 Å². The van der Waals surface area contributed by atoms with Crippen LogP contribution in [0.25, 0.3) is 0 Å². The fraction of sp³-hybridized carbons (Fsp3) is 0.368. The fourth-order valence-electron chi connectivity index (χ4n) is 2.97. The van der Waals surface area contributed by atoms with E-state index in [1.165, 1.54) is 11.1 Å². The summed E-state index contributed by atoms with van der Waals surface area (Å²) in [5.74, 6) is 1.16. The van der Waals surface area contributed by atoms with Crippen molar-refractivity contribution in [1.82, 2.24) is 15.2 Å². The number of amides is 1. The van der Waals surface area contributed by atoms with E-state index >= 15 is 0 Å². The van der Waals surface area contributed by atoms with Crippen LogP contribution in [0.2, 0.25) is 0 Å². The second-order valence-corrected chi connectivity index (χ2v) is 6.15. The molecule has 0 unspecified atom stereocenters. The summed E-state index contributed by atoms with van der Waals surface area (Å²) in [4.78, 5) is 20.9. The Hall–Kier alpha value is -2.40. The zero-order valence-corrected chi connectivity index (χ0v) is 14.1. The lowest BCUT2D eigenvalue weighted by molar-refractivity contribution is -0.130. The molecule has 1 amide bonds. The lowest BCUT2D eigenvalue weighted by Gasteiger charge is -2.35. The lowest BCUT2D eigenvalue weighted by atomic mass is 10.1. The van der Waals surface area contributed by atoms with Crippen molar-refractivity contribution in [3.8, 4) is 0 Å². The van der Waals surface area contributed by atoms with Gasteiger partial charge in [-0.3, -0.25) is 4.79 Å². The van der Waals surface area contributed by atoms with Gasteiger partial charge in [-0.05, 0) is 24.6 Å². The molecular formula is C19H24N4O. The van der Waals surface area contributed by atoms with E-state index in [4.69, 9.17) is 0 Å². The first kappa shape index (κ1) is 16.5. The normalized spacial score (nSPS) is 14.7. The van der Waals surface area contributed by atoms with Gasteiger partial charge in [-0.15, -0.1) is 0 Å². The van der Waals surface area contributed by atoms with Gasteiger partial charge in [0.25, 0.3) is 0 Å².